The largest absolute Gasteiger partial charge is 0.484 e. The van der Waals surface area contributed by atoms with Crippen LogP contribution < -0.4 is 10.2 Å². The smallest absolute Gasteiger partial charge is 0.277 e. The van der Waals surface area contributed by atoms with E-state index < -0.39 is 0 Å². The normalized spacial score (nSPS) is 14.8. The number of rotatable bonds is 6. The number of carbonyl (C=O) groups excluding carboxylic acids is 1. The average Bonchev–Trinajstić information content (AvgIpc) is 3.17. The van der Waals surface area contributed by atoms with E-state index in [4.69, 9.17) is 4.74 Å². The fraction of sp³-hybridized carbons (Fsp3) is 0.263. The molecule has 6 heteroatoms. The van der Waals surface area contributed by atoms with Crippen LogP contribution in [0.3, 0.4) is 0 Å². The third-order valence-electron chi connectivity index (χ3n) is 3.62. The predicted octanol–water partition coefficient (Wildman–Crippen LogP) is 4.00. The lowest BCUT2D eigenvalue weighted by Crippen LogP contribution is -2.24. The minimum absolute atomic E-state index is 0.0580. The Morgan fingerprint density at radius 2 is 1.84 bits per heavy atom. The molecule has 0 atom stereocenters. The SMILES string of the molecule is Cc1ccc(/C=N\NC(=O)COc2ccc(C3SCCS3)cc2)cc1. The van der Waals surface area contributed by atoms with E-state index in [-0.39, 0.29) is 12.5 Å². The van der Waals surface area contributed by atoms with Gasteiger partial charge in [-0.1, -0.05) is 42.0 Å². The zero-order valence-corrected chi connectivity index (χ0v) is 15.6. The number of ether oxygens (including phenoxy) is 1. The van der Waals surface area contributed by atoms with E-state index in [0.717, 1.165) is 5.56 Å². The van der Waals surface area contributed by atoms with Gasteiger partial charge in [-0.05, 0) is 30.2 Å². The molecule has 1 N–H and O–H groups in total. The molecule has 0 bridgehead atoms. The molecule has 130 valence electrons. The number of benzene rings is 2. The number of aryl methyl sites for hydroxylation is 1. The summed E-state index contributed by atoms with van der Waals surface area (Å²) in [6.45, 7) is 1.97. The van der Waals surface area contributed by atoms with Gasteiger partial charge >= 0.3 is 0 Å². The van der Waals surface area contributed by atoms with E-state index >= 15 is 0 Å². The quantitative estimate of drug-likeness (QED) is 0.615. The molecule has 1 fully saturated rings. The van der Waals surface area contributed by atoms with Crippen molar-refractivity contribution in [3.05, 3.63) is 65.2 Å². The van der Waals surface area contributed by atoms with Crippen LogP contribution >= 0.6 is 23.5 Å². The molecule has 3 rings (SSSR count). The summed E-state index contributed by atoms with van der Waals surface area (Å²) >= 11 is 3.94. The maximum absolute atomic E-state index is 11.8. The molecule has 1 amide bonds. The summed E-state index contributed by atoms with van der Waals surface area (Å²) in [5.74, 6) is 2.82. The Kier molecular flexibility index (Phi) is 6.42. The summed E-state index contributed by atoms with van der Waals surface area (Å²) in [5.41, 5.74) is 5.89. The van der Waals surface area contributed by atoms with E-state index in [1.165, 1.54) is 22.6 Å². The van der Waals surface area contributed by atoms with Crippen LogP contribution in [0.4, 0.5) is 0 Å². The number of hydrazone groups is 1. The zero-order valence-electron chi connectivity index (χ0n) is 14.0. The highest BCUT2D eigenvalue weighted by Crippen LogP contribution is 2.45. The molecule has 2 aromatic rings. The number of nitrogens with zero attached hydrogens (tertiary/aromatic N) is 1. The van der Waals surface area contributed by atoms with E-state index in [1.54, 1.807) is 6.21 Å². The number of carbonyl (C=O) groups is 1. The Bertz CT molecular complexity index is 724. The summed E-state index contributed by atoms with van der Waals surface area (Å²) in [6.07, 6.45) is 1.61. The average molecular weight is 373 g/mol. The fourth-order valence-electron chi connectivity index (χ4n) is 2.28. The van der Waals surface area contributed by atoms with Gasteiger partial charge in [0.25, 0.3) is 5.91 Å². The Morgan fingerprint density at radius 3 is 2.52 bits per heavy atom. The second-order valence-corrected chi connectivity index (χ2v) is 8.36. The first-order valence-corrected chi connectivity index (χ1v) is 10.1. The van der Waals surface area contributed by atoms with Crippen LogP contribution in [0.1, 0.15) is 21.3 Å². The van der Waals surface area contributed by atoms with E-state index in [0.29, 0.717) is 10.3 Å². The molecular formula is C19H20N2O2S2. The molecule has 25 heavy (non-hydrogen) atoms. The first-order chi connectivity index (χ1) is 12.2. The molecule has 4 nitrogen and oxygen atoms in total. The van der Waals surface area contributed by atoms with Gasteiger partial charge in [-0.15, -0.1) is 23.5 Å². The highest BCUT2D eigenvalue weighted by Gasteiger charge is 2.17. The minimum Gasteiger partial charge on any atom is -0.484 e. The first-order valence-electron chi connectivity index (χ1n) is 8.05. The third kappa shape index (κ3) is 5.54. The molecule has 1 saturated heterocycles. The van der Waals surface area contributed by atoms with Gasteiger partial charge in [0.2, 0.25) is 0 Å². The minimum atomic E-state index is -0.283. The topological polar surface area (TPSA) is 50.7 Å². The van der Waals surface area contributed by atoms with E-state index in [9.17, 15) is 4.79 Å². The highest BCUT2D eigenvalue weighted by molar-refractivity contribution is 8.19. The summed E-state index contributed by atoms with van der Waals surface area (Å²) in [6, 6.07) is 15.9. The maximum Gasteiger partial charge on any atom is 0.277 e. The van der Waals surface area contributed by atoms with Crippen molar-refractivity contribution in [1.29, 1.82) is 0 Å². The van der Waals surface area contributed by atoms with Crippen molar-refractivity contribution in [1.82, 2.24) is 5.43 Å². The van der Waals surface area contributed by atoms with Crippen LogP contribution in [0.25, 0.3) is 0 Å². The molecule has 2 aromatic carbocycles. The van der Waals surface area contributed by atoms with Crippen LogP contribution in [0, 0.1) is 6.92 Å². The van der Waals surface area contributed by atoms with Crippen LogP contribution in [-0.2, 0) is 4.79 Å². The molecule has 0 spiro atoms. The lowest BCUT2D eigenvalue weighted by Gasteiger charge is -2.10. The van der Waals surface area contributed by atoms with Gasteiger partial charge in [-0.3, -0.25) is 4.79 Å². The van der Waals surface area contributed by atoms with Gasteiger partial charge in [-0.25, -0.2) is 5.43 Å². The van der Waals surface area contributed by atoms with Crippen LogP contribution in [0.15, 0.2) is 53.6 Å². The zero-order chi connectivity index (χ0) is 17.5. The predicted molar refractivity (Wildman–Crippen MR) is 107 cm³/mol. The van der Waals surface area contributed by atoms with Gasteiger partial charge in [0.15, 0.2) is 6.61 Å². The van der Waals surface area contributed by atoms with Crippen molar-refractivity contribution < 1.29 is 9.53 Å². The molecule has 0 aliphatic carbocycles. The van der Waals surface area contributed by atoms with Crippen LogP contribution in [-0.4, -0.2) is 30.2 Å². The number of nitrogens with one attached hydrogen (secondary N) is 1. The molecule has 0 aromatic heterocycles. The van der Waals surface area contributed by atoms with Gasteiger partial charge in [0.05, 0.1) is 10.8 Å². The van der Waals surface area contributed by atoms with Gasteiger partial charge in [-0.2, -0.15) is 5.10 Å². The van der Waals surface area contributed by atoms with Crippen molar-refractivity contribution in [3.8, 4) is 5.75 Å². The van der Waals surface area contributed by atoms with Gasteiger partial charge < -0.3 is 4.74 Å². The molecule has 0 radical (unpaired) electrons. The Labute approximate surface area is 156 Å². The summed E-state index contributed by atoms with van der Waals surface area (Å²) in [7, 11) is 0. The lowest BCUT2D eigenvalue weighted by molar-refractivity contribution is -0.123. The second-order valence-electron chi connectivity index (χ2n) is 5.64. The molecule has 0 unspecified atom stereocenters. The Morgan fingerprint density at radius 1 is 1.16 bits per heavy atom. The summed E-state index contributed by atoms with van der Waals surface area (Å²) in [4.78, 5) is 11.8. The number of hydrogen-bond acceptors (Lipinski definition) is 5. The monoisotopic (exact) mass is 372 g/mol. The van der Waals surface area contributed by atoms with E-state index in [2.05, 4.69) is 22.7 Å². The summed E-state index contributed by atoms with van der Waals surface area (Å²) < 4.78 is 6.03. The summed E-state index contributed by atoms with van der Waals surface area (Å²) in [5, 5.41) is 3.94. The van der Waals surface area contributed by atoms with Crippen molar-refractivity contribution in [2.75, 3.05) is 18.1 Å². The van der Waals surface area contributed by atoms with Crippen LogP contribution in [0.5, 0.6) is 5.75 Å². The van der Waals surface area contributed by atoms with Gasteiger partial charge in [0, 0.05) is 11.5 Å². The van der Waals surface area contributed by atoms with E-state index in [1.807, 2.05) is 66.8 Å². The van der Waals surface area contributed by atoms with Crippen molar-refractivity contribution in [2.45, 2.75) is 11.5 Å². The first kappa shape index (κ1) is 17.9. The molecule has 1 aliphatic rings. The third-order valence-corrected chi connectivity index (χ3v) is 6.73. The number of hydrogen-bond donors (Lipinski definition) is 1. The Hall–Kier alpha value is -1.92. The number of thioether (sulfide) groups is 2. The maximum atomic E-state index is 11.8. The molecule has 1 aliphatic heterocycles. The highest BCUT2D eigenvalue weighted by atomic mass is 32.2. The standard InChI is InChI=1S/C19H20N2O2S2/c1-14-2-4-15(5-3-14)12-20-21-18(22)13-23-17-8-6-16(7-9-17)19-24-10-11-25-19/h2-9,12,19H,10-11,13H2,1H3,(H,21,22)/b20-12-. The molecule has 0 saturated carbocycles. The van der Waals surface area contributed by atoms with Gasteiger partial charge in [0.1, 0.15) is 5.75 Å². The fourth-order valence-corrected chi connectivity index (χ4v) is 5.14. The number of amides is 1. The van der Waals surface area contributed by atoms with Crippen LogP contribution in [0.2, 0.25) is 0 Å². The second kappa shape index (κ2) is 8.97. The molecule has 1 heterocycles. The van der Waals surface area contributed by atoms with Crippen molar-refractivity contribution >= 4 is 35.6 Å². The Balaban J connectivity index is 1.43. The molecular weight excluding hydrogens is 352 g/mol. The lowest BCUT2D eigenvalue weighted by atomic mass is 10.2. The van der Waals surface area contributed by atoms with Crippen molar-refractivity contribution in [3.63, 3.8) is 0 Å². The van der Waals surface area contributed by atoms with Crippen molar-refractivity contribution in [2.24, 2.45) is 5.10 Å².